The lowest BCUT2D eigenvalue weighted by molar-refractivity contribution is 0.0755. The van der Waals surface area contributed by atoms with Crippen molar-refractivity contribution in [3.05, 3.63) is 35.4 Å². The van der Waals surface area contributed by atoms with E-state index in [4.69, 9.17) is 5.73 Å². The summed E-state index contributed by atoms with van der Waals surface area (Å²) >= 11 is 0. The molecule has 2 amide bonds. The van der Waals surface area contributed by atoms with Gasteiger partial charge in [-0.3, -0.25) is 9.59 Å². The summed E-state index contributed by atoms with van der Waals surface area (Å²) in [5.74, 6) is -0.211. The van der Waals surface area contributed by atoms with Gasteiger partial charge in [0.25, 0.3) is 11.8 Å². The standard InChI is InChI=1S/C20H33N3O2/c1-5-12-23(13-6-2)19(25)17-11-9-10-16(14-17)18(24)22-15-20(21,7-3)8-4/h9-11,14H,5-8,12-13,15,21H2,1-4H3,(H,22,24). The van der Waals surface area contributed by atoms with Crippen LogP contribution >= 0.6 is 0 Å². The second-order valence-corrected chi connectivity index (χ2v) is 6.63. The first-order valence-corrected chi connectivity index (χ1v) is 9.37. The number of hydrogen-bond acceptors (Lipinski definition) is 3. The highest BCUT2D eigenvalue weighted by molar-refractivity contribution is 5.99. The second kappa shape index (κ2) is 10.2. The fourth-order valence-electron chi connectivity index (χ4n) is 2.69. The third-order valence-electron chi connectivity index (χ3n) is 4.66. The van der Waals surface area contributed by atoms with Crippen molar-refractivity contribution in [2.75, 3.05) is 19.6 Å². The SMILES string of the molecule is CCCN(CCC)C(=O)c1cccc(C(=O)NCC(N)(CC)CC)c1. The number of amides is 2. The molecule has 0 atom stereocenters. The Bertz CT molecular complexity index is 562. The van der Waals surface area contributed by atoms with Crippen molar-refractivity contribution >= 4 is 11.8 Å². The van der Waals surface area contributed by atoms with Gasteiger partial charge in [0.2, 0.25) is 0 Å². The van der Waals surface area contributed by atoms with Crippen LogP contribution in [-0.4, -0.2) is 41.9 Å². The predicted octanol–water partition coefficient (Wildman–Crippen LogP) is 3.20. The number of benzene rings is 1. The lowest BCUT2D eigenvalue weighted by Crippen LogP contribution is -2.49. The van der Waals surface area contributed by atoms with Gasteiger partial charge < -0.3 is 16.0 Å². The van der Waals surface area contributed by atoms with Crippen LogP contribution in [0, 0.1) is 0 Å². The molecule has 0 heterocycles. The maximum atomic E-state index is 12.7. The summed E-state index contributed by atoms with van der Waals surface area (Å²) in [6.45, 7) is 10.0. The van der Waals surface area contributed by atoms with Gasteiger partial charge in [0.15, 0.2) is 0 Å². The first-order chi connectivity index (χ1) is 11.9. The first kappa shape index (κ1) is 21.2. The molecule has 0 aliphatic heterocycles. The minimum Gasteiger partial charge on any atom is -0.350 e. The Balaban J connectivity index is 2.86. The van der Waals surface area contributed by atoms with Crippen molar-refractivity contribution in [2.24, 2.45) is 5.73 Å². The van der Waals surface area contributed by atoms with E-state index < -0.39 is 0 Å². The molecule has 1 aromatic rings. The third-order valence-corrected chi connectivity index (χ3v) is 4.66. The molecule has 25 heavy (non-hydrogen) atoms. The minimum atomic E-state index is -0.387. The summed E-state index contributed by atoms with van der Waals surface area (Å²) in [5.41, 5.74) is 6.89. The van der Waals surface area contributed by atoms with E-state index >= 15 is 0 Å². The van der Waals surface area contributed by atoms with Crippen LogP contribution in [0.1, 0.15) is 74.1 Å². The zero-order chi connectivity index (χ0) is 18.9. The van der Waals surface area contributed by atoms with Crippen LogP contribution in [0.3, 0.4) is 0 Å². The number of carbonyl (C=O) groups is 2. The number of rotatable bonds is 10. The van der Waals surface area contributed by atoms with Gasteiger partial charge in [-0.05, 0) is 43.9 Å². The number of nitrogens with zero attached hydrogens (tertiary/aromatic N) is 1. The van der Waals surface area contributed by atoms with E-state index in [9.17, 15) is 9.59 Å². The van der Waals surface area contributed by atoms with Crippen molar-refractivity contribution < 1.29 is 9.59 Å². The number of nitrogens with two attached hydrogens (primary N) is 1. The molecule has 0 radical (unpaired) electrons. The van der Waals surface area contributed by atoms with Gasteiger partial charge >= 0.3 is 0 Å². The van der Waals surface area contributed by atoms with Crippen LogP contribution < -0.4 is 11.1 Å². The van der Waals surface area contributed by atoms with Crippen LogP contribution in [0.4, 0.5) is 0 Å². The average Bonchev–Trinajstić information content (AvgIpc) is 2.65. The van der Waals surface area contributed by atoms with Gasteiger partial charge in [-0.1, -0.05) is 33.8 Å². The zero-order valence-electron chi connectivity index (χ0n) is 16.1. The van der Waals surface area contributed by atoms with Crippen molar-refractivity contribution in [3.63, 3.8) is 0 Å². The highest BCUT2D eigenvalue weighted by Crippen LogP contribution is 2.12. The normalized spacial score (nSPS) is 11.2. The van der Waals surface area contributed by atoms with Crippen LogP contribution in [-0.2, 0) is 0 Å². The lowest BCUT2D eigenvalue weighted by atomic mass is 9.94. The summed E-state index contributed by atoms with van der Waals surface area (Å²) < 4.78 is 0. The van der Waals surface area contributed by atoms with E-state index in [-0.39, 0.29) is 17.4 Å². The molecule has 1 aromatic carbocycles. The molecule has 3 N–H and O–H groups in total. The molecule has 0 saturated carbocycles. The molecule has 140 valence electrons. The summed E-state index contributed by atoms with van der Waals surface area (Å²) in [7, 11) is 0. The molecular formula is C20H33N3O2. The Hall–Kier alpha value is -1.88. The van der Waals surface area contributed by atoms with E-state index in [0.29, 0.717) is 17.7 Å². The van der Waals surface area contributed by atoms with E-state index in [0.717, 1.165) is 38.8 Å². The quantitative estimate of drug-likeness (QED) is 0.682. The maximum absolute atomic E-state index is 12.7. The molecule has 0 unspecified atom stereocenters. The number of hydrogen-bond donors (Lipinski definition) is 2. The fraction of sp³-hybridized carbons (Fsp3) is 0.600. The van der Waals surface area contributed by atoms with Crippen molar-refractivity contribution in [1.29, 1.82) is 0 Å². The molecule has 0 aliphatic rings. The molecule has 0 fully saturated rings. The van der Waals surface area contributed by atoms with Crippen LogP contribution in [0.5, 0.6) is 0 Å². The highest BCUT2D eigenvalue weighted by atomic mass is 16.2. The van der Waals surface area contributed by atoms with Gasteiger partial charge in [0, 0.05) is 36.3 Å². The first-order valence-electron chi connectivity index (χ1n) is 9.37. The number of nitrogens with one attached hydrogen (secondary N) is 1. The van der Waals surface area contributed by atoms with Gasteiger partial charge in [-0.2, -0.15) is 0 Å². The Morgan fingerprint density at radius 2 is 1.60 bits per heavy atom. The number of carbonyl (C=O) groups excluding carboxylic acids is 2. The van der Waals surface area contributed by atoms with Gasteiger partial charge in [-0.15, -0.1) is 0 Å². The lowest BCUT2D eigenvalue weighted by Gasteiger charge is -2.26. The van der Waals surface area contributed by atoms with E-state index in [2.05, 4.69) is 19.2 Å². The molecule has 0 aromatic heterocycles. The maximum Gasteiger partial charge on any atom is 0.253 e. The Labute approximate surface area is 152 Å². The van der Waals surface area contributed by atoms with Crippen LogP contribution in [0.15, 0.2) is 24.3 Å². The topological polar surface area (TPSA) is 75.4 Å². The smallest absolute Gasteiger partial charge is 0.253 e. The predicted molar refractivity (Wildman–Crippen MR) is 103 cm³/mol. The van der Waals surface area contributed by atoms with Gasteiger partial charge in [-0.25, -0.2) is 0 Å². The van der Waals surface area contributed by atoms with E-state index in [1.165, 1.54) is 0 Å². The average molecular weight is 348 g/mol. The van der Waals surface area contributed by atoms with Gasteiger partial charge in [0.05, 0.1) is 0 Å². The molecule has 5 heteroatoms. The Morgan fingerprint density at radius 3 is 2.12 bits per heavy atom. The minimum absolute atomic E-state index is 0.0198. The van der Waals surface area contributed by atoms with E-state index in [1.54, 1.807) is 24.3 Å². The summed E-state index contributed by atoms with van der Waals surface area (Å²) in [6, 6.07) is 6.93. The van der Waals surface area contributed by atoms with Crippen LogP contribution in [0.25, 0.3) is 0 Å². The fourth-order valence-corrected chi connectivity index (χ4v) is 2.69. The van der Waals surface area contributed by atoms with Crippen molar-refractivity contribution in [3.8, 4) is 0 Å². The largest absolute Gasteiger partial charge is 0.350 e. The van der Waals surface area contributed by atoms with Crippen molar-refractivity contribution in [1.82, 2.24) is 10.2 Å². The molecule has 5 nitrogen and oxygen atoms in total. The molecule has 1 rings (SSSR count). The highest BCUT2D eigenvalue weighted by Gasteiger charge is 2.22. The third kappa shape index (κ3) is 6.16. The van der Waals surface area contributed by atoms with Crippen LogP contribution in [0.2, 0.25) is 0 Å². The van der Waals surface area contributed by atoms with Gasteiger partial charge in [0.1, 0.15) is 0 Å². The Morgan fingerprint density at radius 1 is 1.04 bits per heavy atom. The second-order valence-electron chi connectivity index (χ2n) is 6.63. The Kier molecular flexibility index (Phi) is 8.62. The molecule has 0 spiro atoms. The zero-order valence-corrected chi connectivity index (χ0v) is 16.1. The summed E-state index contributed by atoms with van der Waals surface area (Å²) in [4.78, 5) is 27.0. The monoisotopic (exact) mass is 347 g/mol. The van der Waals surface area contributed by atoms with E-state index in [1.807, 2.05) is 18.7 Å². The molecule has 0 saturated heterocycles. The molecule has 0 bridgehead atoms. The molecular weight excluding hydrogens is 314 g/mol. The summed E-state index contributed by atoms with van der Waals surface area (Å²) in [5, 5.41) is 2.90. The van der Waals surface area contributed by atoms with Crippen molar-refractivity contribution in [2.45, 2.75) is 58.9 Å². The molecule has 0 aliphatic carbocycles. The summed E-state index contributed by atoms with van der Waals surface area (Å²) in [6.07, 6.45) is 3.42.